The van der Waals surface area contributed by atoms with Crippen molar-refractivity contribution in [3.05, 3.63) is 39.8 Å². The number of aromatic nitrogens is 2. The zero-order valence-corrected chi connectivity index (χ0v) is 10.5. The topological polar surface area (TPSA) is 108 Å². The van der Waals surface area contributed by atoms with E-state index < -0.39 is 4.92 Å². The van der Waals surface area contributed by atoms with Gasteiger partial charge in [0.25, 0.3) is 5.69 Å². The number of benzene rings is 1. The van der Waals surface area contributed by atoms with E-state index in [-0.39, 0.29) is 5.69 Å². The monoisotopic (exact) mass is 262 g/mol. The van der Waals surface area contributed by atoms with Gasteiger partial charge in [0.1, 0.15) is 0 Å². The fraction of sp³-hybridized carbons (Fsp3) is 0.333. The highest BCUT2D eigenvalue weighted by Gasteiger charge is 2.15. The van der Waals surface area contributed by atoms with Gasteiger partial charge in [0.15, 0.2) is 0 Å². The van der Waals surface area contributed by atoms with Crippen LogP contribution in [0.4, 0.5) is 5.69 Å². The molecule has 19 heavy (non-hydrogen) atoms. The Morgan fingerprint density at radius 1 is 1.42 bits per heavy atom. The highest BCUT2D eigenvalue weighted by Crippen LogP contribution is 2.26. The van der Waals surface area contributed by atoms with Gasteiger partial charge in [-0.15, -0.1) is 10.2 Å². The first-order valence-electron chi connectivity index (χ1n) is 5.89. The lowest BCUT2D eigenvalue weighted by Crippen LogP contribution is -2.00. The number of nitrogens with two attached hydrogens (primary N) is 1. The van der Waals surface area contributed by atoms with Gasteiger partial charge in [-0.2, -0.15) is 0 Å². The van der Waals surface area contributed by atoms with Crippen molar-refractivity contribution in [2.75, 3.05) is 6.54 Å². The van der Waals surface area contributed by atoms with Crippen molar-refractivity contribution in [1.29, 1.82) is 0 Å². The van der Waals surface area contributed by atoms with E-state index in [1.807, 2.05) is 6.92 Å². The summed E-state index contributed by atoms with van der Waals surface area (Å²) in [5, 5.41) is 18.6. The van der Waals surface area contributed by atoms with Crippen LogP contribution in [0.2, 0.25) is 0 Å². The van der Waals surface area contributed by atoms with E-state index in [0.29, 0.717) is 30.3 Å². The van der Waals surface area contributed by atoms with Gasteiger partial charge in [0.05, 0.1) is 4.92 Å². The van der Waals surface area contributed by atoms with E-state index in [2.05, 4.69) is 10.2 Å². The normalized spacial score (nSPS) is 10.6. The lowest BCUT2D eigenvalue weighted by Gasteiger charge is -2.00. The predicted octanol–water partition coefficient (Wildman–Crippen LogP) is 1.84. The maximum atomic E-state index is 10.8. The summed E-state index contributed by atoms with van der Waals surface area (Å²) < 4.78 is 5.49. The second kappa shape index (κ2) is 5.57. The molecule has 0 bridgehead atoms. The molecule has 7 heteroatoms. The van der Waals surface area contributed by atoms with Crippen LogP contribution >= 0.6 is 0 Å². The van der Waals surface area contributed by atoms with Crippen LogP contribution in [-0.4, -0.2) is 21.7 Å². The molecule has 1 aromatic heterocycles. The van der Waals surface area contributed by atoms with Crippen LogP contribution in [0.25, 0.3) is 11.5 Å². The van der Waals surface area contributed by atoms with Crippen LogP contribution in [0.5, 0.6) is 0 Å². The second-order valence-electron chi connectivity index (χ2n) is 4.15. The largest absolute Gasteiger partial charge is 0.421 e. The average molecular weight is 262 g/mol. The Morgan fingerprint density at radius 2 is 2.21 bits per heavy atom. The van der Waals surface area contributed by atoms with Crippen LogP contribution < -0.4 is 5.73 Å². The van der Waals surface area contributed by atoms with Crippen LogP contribution in [0.1, 0.15) is 17.9 Å². The summed E-state index contributed by atoms with van der Waals surface area (Å²) in [6.07, 6.45) is 1.37. The fourth-order valence-corrected chi connectivity index (χ4v) is 1.67. The third-order valence-electron chi connectivity index (χ3n) is 2.72. The van der Waals surface area contributed by atoms with Crippen LogP contribution in [-0.2, 0) is 6.42 Å². The van der Waals surface area contributed by atoms with Gasteiger partial charge in [0.2, 0.25) is 11.8 Å². The van der Waals surface area contributed by atoms with Crippen LogP contribution in [0.3, 0.4) is 0 Å². The summed E-state index contributed by atoms with van der Waals surface area (Å²) >= 11 is 0. The Kier molecular flexibility index (Phi) is 3.86. The maximum Gasteiger partial charge on any atom is 0.270 e. The van der Waals surface area contributed by atoms with E-state index in [1.54, 1.807) is 6.07 Å². The van der Waals surface area contributed by atoms with Gasteiger partial charge in [-0.05, 0) is 25.5 Å². The number of nitro groups is 1. The Balaban J connectivity index is 2.32. The lowest BCUT2D eigenvalue weighted by atomic mass is 10.1. The van der Waals surface area contributed by atoms with E-state index in [9.17, 15) is 10.1 Å². The standard InChI is InChI=1S/C12H14N4O3/c1-8-4-5-9(16(17)18)7-10(8)12-15-14-11(19-12)3-2-6-13/h4-5,7H,2-3,6,13H2,1H3. The minimum atomic E-state index is -0.450. The van der Waals surface area contributed by atoms with Crippen molar-refractivity contribution in [3.63, 3.8) is 0 Å². The third-order valence-corrected chi connectivity index (χ3v) is 2.72. The summed E-state index contributed by atoms with van der Waals surface area (Å²) in [6, 6.07) is 4.55. The molecule has 0 aliphatic carbocycles. The first-order chi connectivity index (χ1) is 9.11. The van der Waals surface area contributed by atoms with Gasteiger partial charge in [-0.3, -0.25) is 10.1 Å². The molecule has 7 nitrogen and oxygen atoms in total. The molecule has 100 valence electrons. The van der Waals surface area contributed by atoms with Gasteiger partial charge in [0, 0.05) is 24.1 Å². The highest BCUT2D eigenvalue weighted by molar-refractivity contribution is 5.62. The molecule has 0 fully saturated rings. The second-order valence-corrected chi connectivity index (χ2v) is 4.15. The van der Waals surface area contributed by atoms with E-state index in [1.165, 1.54) is 12.1 Å². The molecule has 2 rings (SSSR count). The summed E-state index contributed by atoms with van der Waals surface area (Å²) in [5.41, 5.74) is 6.84. The molecule has 0 saturated carbocycles. The van der Waals surface area contributed by atoms with Crippen molar-refractivity contribution < 1.29 is 9.34 Å². The van der Waals surface area contributed by atoms with Crippen molar-refractivity contribution in [3.8, 4) is 11.5 Å². The molecule has 0 unspecified atom stereocenters. The van der Waals surface area contributed by atoms with Gasteiger partial charge >= 0.3 is 0 Å². The third kappa shape index (κ3) is 2.94. The Bertz CT molecular complexity index is 594. The quantitative estimate of drug-likeness (QED) is 0.650. The Morgan fingerprint density at radius 3 is 2.89 bits per heavy atom. The zero-order chi connectivity index (χ0) is 13.8. The SMILES string of the molecule is Cc1ccc([N+](=O)[O-])cc1-c1nnc(CCCN)o1. The number of aryl methyl sites for hydroxylation is 2. The highest BCUT2D eigenvalue weighted by atomic mass is 16.6. The van der Waals surface area contributed by atoms with Crippen molar-refractivity contribution in [1.82, 2.24) is 10.2 Å². The number of hydrogen-bond acceptors (Lipinski definition) is 6. The van der Waals surface area contributed by atoms with Crippen molar-refractivity contribution in [2.24, 2.45) is 5.73 Å². The molecule has 0 aliphatic rings. The number of non-ortho nitro benzene ring substituents is 1. The molecular weight excluding hydrogens is 248 g/mol. The van der Waals surface area contributed by atoms with Gasteiger partial charge in [-0.1, -0.05) is 6.07 Å². The minimum Gasteiger partial charge on any atom is -0.421 e. The first-order valence-corrected chi connectivity index (χ1v) is 5.89. The van der Waals surface area contributed by atoms with Crippen LogP contribution in [0, 0.1) is 17.0 Å². The van der Waals surface area contributed by atoms with Crippen molar-refractivity contribution in [2.45, 2.75) is 19.8 Å². The molecule has 0 amide bonds. The molecule has 0 radical (unpaired) electrons. The number of nitro benzene ring substituents is 1. The molecule has 2 aromatic rings. The van der Waals surface area contributed by atoms with E-state index in [0.717, 1.165) is 12.0 Å². The summed E-state index contributed by atoms with van der Waals surface area (Å²) in [7, 11) is 0. The number of hydrogen-bond donors (Lipinski definition) is 1. The summed E-state index contributed by atoms with van der Waals surface area (Å²) in [6.45, 7) is 2.39. The van der Waals surface area contributed by atoms with E-state index in [4.69, 9.17) is 10.2 Å². The molecule has 0 spiro atoms. The minimum absolute atomic E-state index is 0.00214. The smallest absolute Gasteiger partial charge is 0.270 e. The number of rotatable bonds is 5. The molecule has 0 saturated heterocycles. The molecular formula is C12H14N4O3. The fourth-order valence-electron chi connectivity index (χ4n) is 1.67. The molecule has 2 N–H and O–H groups in total. The predicted molar refractivity (Wildman–Crippen MR) is 68.5 cm³/mol. The van der Waals surface area contributed by atoms with E-state index >= 15 is 0 Å². The molecule has 0 aliphatic heterocycles. The Hall–Kier alpha value is -2.28. The van der Waals surface area contributed by atoms with Gasteiger partial charge < -0.3 is 10.2 Å². The average Bonchev–Trinajstić information content (AvgIpc) is 2.85. The molecule has 1 heterocycles. The summed E-state index contributed by atoms with van der Waals surface area (Å²) in [5.74, 6) is 0.791. The van der Waals surface area contributed by atoms with Crippen LogP contribution in [0.15, 0.2) is 22.6 Å². The molecule has 1 aromatic carbocycles. The first kappa shape index (κ1) is 13.2. The molecule has 0 atom stereocenters. The lowest BCUT2D eigenvalue weighted by molar-refractivity contribution is -0.384. The van der Waals surface area contributed by atoms with Gasteiger partial charge in [-0.25, -0.2) is 0 Å². The maximum absolute atomic E-state index is 10.8. The van der Waals surface area contributed by atoms with Crippen molar-refractivity contribution >= 4 is 5.69 Å². The Labute approximate surface area is 109 Å². The number of nitrogens with zero attached hydrogens (tertiary/aromatic N) is 3. The zero-order valence-electron chi connectivity index (χ0n) is 10.5. The summed E-state index contributed by atoms with van der Waals surface area (Å²) in [4.78, 5) is 10.3.